The first-order valence-electron chi connectivity index (χ1n) is 6.31. The minimum Gasteiger partial charge on any atom is -0.336 e. The van der Waals surface area contributed by atoms with Gasteiger partial charge in [0, 0.05) is 24.2 Å². The number of likely N-dealkylation sites (tertiary alicyclic amines) is 1. The molecule has 1 aliphatic rings. The molecule has 98 valence electrons. The van der Waals surface area contributed by atoms with Crippen molar-refractivity contribution in [3.63, 3.8) is 0 Å². The number of nitrogens with two attached hydrogens (primary N) is 1. The summed E-state index contributed by atoms with van der Waals surface area (Å²) in [7, 11) is 0. The second-order valence-corrected chi connectivity index (χ2v) is 5.10. The van der Waals surface area contributed by atoms with Crippen LogP contribution in [0.25, 0.3) is 0 Å². The molecule has 1 fully saturated rings. The molecule has 0 aromatic heterocycles. The zero-order valence-corrected chi connectivity index (χ0v) is 10.8. The first-order valence-corrected chi connectivity index (χ1v) is 6.31. The Hall–Kier alpha value is -1.42. The molecular formula is C14H19FN2O. The monoisotopic (exact) mass is 250 g/mol. The smallest absolute Gasteiger partial charge is 0.254 e. The fourth-order valence-electron chi connectivity index (χ4n) is 2.45. The lowest BCUT2D eigenvalue weighted by Crippen LogP contribution is -2.48. The number of rotatable bonds is 1. The summed E-state index contributed by atoms with van der Waals surface area (Å²) in [4.78, 5) is 14.2. The minimum absolute atomic E-state index is 0.0301. The Morgan fingerprint density at radius 3 is 2.83 bits per heavy atom. The summed E-state index contributed by atoms with van der Waals surface area (Å²) in [6, 6.07) is 4.83. The Morgan fingerprint density at radius 1 is 1.50 bits per heavy atom. The van der Waals surface area contributed by atoms with Crippen LogP contribution < -0.4 is 5.73 Å². The maximum absolute atomic E-state index is 13.2. The maximum atomic E-state index is 13.2. The summed E-state index contributed by atoms with van der Waals surface area (Å²) in [6.07, 6.45) is 1.65. The molecule has 1 amide bonds. The van der Waals surface area contributed by atoms with Gasteiger partial charge in [-0.25, -0.2) is 4.39 Å². The Labute approximate surface area is 107 Å². The highest BCUT2D eigenvalue weighted by molar-refractivity contribution is 5.94. The van der Waals surface area contributed by atoms with Gasteiger partial charge in [0.25, 0.3) is 5.91 Å². The van der Waals surface area contributed by atoms with E-state index in [0.717, 1.165) is 12.8 Å². The first-order chi connectivity index (χ1) is 8.49. The van der Waals surface area contributed by atoms with Crippen molar-refractivity contribution in [1.29, 1.82) is 0 Å². The number of amides is 1. The predicted molar refractivity (Wildman–Crippen MR) is 68.8 cm³/mol. The van der Waals surface area contributed by atoms with Gasteiger partial charge in [0.05, 0.1) is 0 Å². The molecule has 2 atom stereocenters. The average Bonchev–Trinajstić information content (AvgIpc) is 2.32. The van der Waals surface area contributed by atoms with Crippen LogP contribution in [0.5, 0.6) is 0 Å². The molecule has 0 bridgehead atoms. The molecule has 0 radical (unpaired) electrons. The number of carbonyl (C=O) groups is 1. The second-order valence-electron chi connectivity index (χ2n) is 5.10. The standard InChI is InChI=1S/C14H19FN2O/c1-9-7-11(3-4-13(9)15)14(18)17-6-5-12(16)8-10(17)2/h3-4,7,10,12H,5-6,8,16H2,1-2H3. The summed E-state index contributed by atoms with van der Waals surface area (Å²) in [5, 5.41) is 0. The summed E-state index contributed by atoms with van der Waals surface area (Å²) in [6.45, 7) is 4.35. The molecule has 1 saturated heterocycles. The molecule has 0 aliphatic carbocycles. The number of aryl methyl sites for hydroxylation is 1. The van der Waals surface area contributed by atoms with Crippen molar-refractivity contribution >= 4 is 5.91 Å². The van der Waals surface area contributed by atoms with Crippen LogP contribution in [0.15, 0.2) is 18.2 Å². The van der Waals surface area contributed by atoms with E-state index in [0.29, 0.717) is 17.7 Å². The van der Waals surface area contributed by atoms with E-state index in [1.165, 1.54) is 6.07 Å². The van der Waals surface area contributed by atoms with Gasteiger partial charge in [0.15, 0.2) is 0 Å². The largest absolute Gasteiger partial charge is 0.336 e. The van der Waals surface area contributed by atoms with E-state index in [2.05, 4.69) is 0 Å². The van der Waals surface area contributed by atoms with E-state index < -0.39 is 0 Å². The van der Waals surface area contributed by atoms with Crippen molar-refractivity contribution in [1.82, 2.24) is 4.90 Å². The molecule has 1 aliphatic heterocycles. The van der Waals surface area contributed by atoms with Crippen LogP contribution in [-0.4, -0.2) is 29.4 Å². The van der Waals surface area contributed by atoms with Crippen molar-refractivity contribution in [2.24, 2.45) is 5.73 Å². The van der Waals surface area contributed by atoms with Crippen LogP contribution in [0.3, 0.4) is 0 Å². The van der Waals surface area contributed by atoms with Gasteiger partial charge >= 0.3 is 0 Å². The van der Waals surface area contributed by atoms with E-state index in [1.807, 2.05) is 11.8 Å². The summed E-state index contributed by atoms with van der Waals surface area (Å²) < 4.78 is 13.2. The van der Waals surface area contributed by atoms with Gasteiger partial charge in [-0.15, -0.1) is 0 Å². The van der Waals surface area contributed by atoms with E-state index in [1.54, 1.807) is 19.1 Å². The van der Waals surface area contributed by atoms with Crippen molar-refractivity contribution < 1.29 is 9.18 Å². The van der Waals surface area contributed by atoms with Gasteiger partial charge in [-0.3, -0.25) is 4.79 Å². The van der Waals surface area contributed by atoms with E-state index in [4.69, 9.17) is 5.73 Å². The molecule has 1 heterocycles. The fraction of sp³-hybridized carbons (Fsp3) is 0.500. The summed E-state index contributed by atoms with van der Waals surface area (Å²) in [5.41, 5.74) is 6.94. The van der Waals surface area contributed by atoms with Gasteiger partial charge in [-0.2, -0.15) is 0 Å². The van der Waals surface area contributed by atoms with Crippen molar-refractivity contribution in [3.8, 4) is 0 Å². The zero-order valence-electron chi connectivity index (χ0n) is 10.8. The van der Waals surface area contributed by atoms with Crippen molar-refractivity contribution in [3.05, 3.63) is 35.1 Å². The topological polar surface area (TPSA) is 46.3 Å². The van der Waals surface area contributed by atoms with E-state index in [-0.39, 0.29) is 23.8 Å². The van der Waals surface area contributed by atoms with Crippen LogP contribution in [0, 0.1) is 12.7 Å². The third kappa shape index (κ3) is 2.53. The van der Waals surface area contributed by atoms with Crippen molar-refractivity contribution in [2.75, 3.05) is 6.54 Å². The molecule has 2 rings (SSSR count). The number of hydrogen-bond acceptors (Lipinski definition) is 2. The SMILES string of the molecule is Cc1cc(C(=O)N2CCC(N)CC2C)ccc1F. The second kappa shape index (κ2) is 5.06. The van der Waals surface area contributed by atoms with Crippen LogP contribution in [0.4, 0.5) is 4.39 Å². The van der Waals surface area contributed by atoms with Crippen molar-refractivity contribution in [2.45, 2.75) is 38.8 Å². The Kier molecular flexibility index (Phi) is 3.66. The van der Waals surface area contributed by atoms with E-state index >= 15 is 0 Å². The number of carbonyl (C=O) groups excluding carboxylic acids is 1. The highest BCUT2D eigenvalue weighted by Gasteiger charge is 2.27. The van der Waals surface area contributed by atoms with Gasteiger partial charge in [0.1, 0.15) is 5.82 Å². The fourth-order valence-corrected chi connectivity index (χ4v) is 2.45. The third-order valence-corrected chi connectivity index (χ3v) is 3.58. The molecule has 2 unspecified atom stereocenters. The summed E-state index contributed by atoms with van der Waals surface area (Å²) in [5.74, 6) is -0.308. The number of nitrogens with zero attached hydrogens (tertiary/aromatic N) is 1. The molecule has 3 nitrogen and oxygen atoms in total. The molecule has 1 aromatic rings. The van der Waals surface area contributed by atoms with Gasteiger partial charge in [-0.05, 0) is 50.5 Å². The number of hydrogen-bond donors (Lipinski definition) is 1. The average molecular weight is 250 g/mol. The molecule has 0 saturated carbocycles. The lowest BCUT2D eigenvalue weighted by atomic mass is 9.98. The highest BCUT2D eigenvalue weighted by atomic mass is 19.1. The molecule has 18 heavy (non-hydrogen) atoms. The number of benzene rings is 1. The van der Waals surface area contributed by atoms with Gasteiger partial charge < -0.3 is 10.6 Å². The molecular weight excluding hydrogens is 231 g/mol. The van der Waals surface area contributed by atoms with Gasteiger partial charge in [0.2, 0.25) is 0 Å². The summed E-state index contributed by atoms with van der Waals surface area (Å²) >= 11 is 0. The molecule has 0 spiro atoms. The van der Waals surface area contributed by atoms with Crippen LogP contribution in [0.1, 0.15) is 35.7 Å². The number of piperidine rings is 1. The Morgan fingerprint density at radius 2 is 2.22 bits per heavy atom. The zero-order chi connectivity index (χ0) is 13.3. The molecule has 1 aromatic carbocycles. The quantitative estimate of drug-likeness (QED) is 0.829. The lowest BCUT2D eigenvalue weighted by Gasteiger charge is -2.36. The Bertz CT molecular complexity index is 461. The van der Waals surface area contributed by atoms with Crippen LogP contribution >= 0.6 is 0 Å². The minimum atomic E-state index is -0.278. The first kappa shape index (κ1) is 13.0. The predicted octanol–water partition coefficient (Wildman–Crippen LogP) is 2.09. The number of halogens is 1. The van der Waals surface area contributed by atoms with Crippen LogP contribution in [-0.2, 0) is 0 Å². The normalized spacial score (nSPS) is 24.1. The third-order valence-electron chi connectivity index (χ3n) is 3.58. The Balaban J connectivity index is 2.18. The molecule has 2 N–H and O–H groups in total. The van der Waals surface area contributed by atoms with E-state index in [9.17, 15) is 9.18 Å². The van der Waals surface area contributed by atoms with Gasteiger partial charge in [-0.1, -0.05) is 0 Å². The maximum Gasteiger partial charge on any atom is 0.254 e. The lowest BCUT2D eigenvalue weighted by molar-refractivity contribution is 0.0619. The van der Waals surface area contributed by atoms with Crippen LogP contribution in [0.2, 0.25) is 0 Å². The molecule has 4 heteroatoms. The highest BCUT2D eigenvalue weighted by Crippen LogP contribution is 2.19.